The molecule has 2 amide bonds. The highest BCUT2D eigenvalue weighted by Crippen LogP contribution is 2.20. The van der Waals surface area contributed by atoms with E-state index in [0.29, 0.717) is 36.7 Å². The fourth-order valence-corrected chi connectivity index (χ4v) is 3.06. The fraction of sp³-hybridized carbons (Fsp3) is 0.350. The van der Waals surface area contributed by atoms with Crippen LogP contribution in [0.3, 0.4) is 0 Å². The van der Waals surface area contributed by atoms with Crippen molar-refractivity contribution in [2.24, 2.45) is 0 Å². The van der Waals surface area contributed by atoms with Crippen LogP contribution in [0.4, 0.5) is 0 Å². The molecule has 1 saturated heterocycles. The average molecular weight is 353 g/mol. The Kier molecular flexibility index (Phi) is 5.84. The number of pyridine rings is 1. The van der Waals surface area contributed by atoms with E-state index in [4.69, 9.17) is 4.74 Å². The van der Waals surface area contributed by atoms with Crippen LogP contribution >= 0.6 is 0 Å². The van der Waals surface area contributed by atoms with Crippen LogP contribution in [0.2, 0.25) is 0 Å². The Bertz CT molecular complexity index is 756. The van der Waals surface area contributed by atoms with Gasteiger partial charge in [-0.15, -0.1) is 0 Å². The van der Waals surface area contributed by atoms with Crippen LogP contribution in [0, 0.1) is 0 Å². The molecule has 1 aliphatic rings. The molecular formula is C20H23N3O3. The van der Waals surface area contributed by atoms with Gasteiger partial charge in [-0.1, -0.05) is 18.2 Å². The van der Waals surface area contributed by atoms with Gasteiger partial charge in [-0.2, -0.15) is 0 Å². The SMILES string of the molecule is CCOc1ncccc1C(=O)N1CCC(NC(=O)c2ccccc2)CC1. The van der Waals surface area contributed by atoms with Gasteiger partial charge in [-0.3, -0.25) is 9.59 Å². The minimum atomic E-state index is -0.0746. The first-order valence-electron chi connectivity index (χ1n) is 8.92. The summed E-state index contributed by atoms with van der Waals surface area (Å²) in [4.78, 5) is 31.0. The summed E-state index contributed by atoms with van der Waals surface area (Å²) in [6.07, 6.45) is 3.08. The van der Waals surface area contributed by atoms with Crippen LogP contribution in [0.5, 0.6) is 5.88 Å². The summed E-state index contributed by atoms with van der Waals surface area (Å²) in [5.41, 5.74) is 1.14. The molecule has 136 valence electrons. The highest BCUT2D eigenvalue weighted by atomic mass is 16.5. The third-order valence-corrected chi connectivity index (χ3v) is 4.44. The maximum atomic E-state index is 12.8. The van der Waals surface area contributed by atoms with Crippen LogP contribution < -0.4 is 10.1 Å². The number of carbonyl (C=O) groups excluding carboxylic acids is 2. The van der Waals surface area contributed by atoms with E-state index in [-0.39, 0.29) is 17.9 Å². The predicted molar refractivity (Wildman–Crippen MR) is 98.2 cm³/mol. The van der Waals surface area contributed by atoms with Gasteiger partial charge >= 0.3 is 0 Å². The van der Waals surface area contributed by atoms with E-state index < -0.39 is 0 Å². The number of likely N-dealkylation sites (tertiary alicyclic amines) is 1. The number of nitrogens with one attached hydrogen (secondary N) is 1. The van der Waals surface area contributed by atoms with E-state index >= 15 is 0 Å². The number of benzene rings is 1. The van der Waals surface area contributed by atoms with Crippen molar-refractivity contribution in [2.75, 3.05) is 19.7 Å². The molecule has 1 aliphatic heterocycles. The Labute approximate surface area is 153 Å². The van der Waals surface area contributed by atoms with Gasteiger partial charge in [-0.25, -0.2) is 4.98 Å². The average Bonchev–Trinajstić information content (AvgIpc) is 2.69. The first-order valence-corrected chi connectivity index (χ1v) is 8.92. The molecule has 26 heavy (non-hydrogen) atoms. The topological polar surface area (TPSA) is 71.5 Å². The lowest BCUT2D eigenvalue weighted by Crippen LogP contribution is -2.46. The highest BCUT2D eigenvalue weighted by Gasteiger charge is 2.26. The molecule has 0 saturated carbocycles. The molecular weight excluding hydrogens is 330 g/mol. The number of amides is 2. The van der Waals surface area contributed by atoms with Gasteiger partial charge in [0.1, 0.15) is 5.56 Å². The van der Waals surface area contributed by atoms with Gasteiger partial charge in [0.15, 0.2) is 0 Å². The van der Waals surface area contributed by atoms with Gasteiger partial charge in [0.05, 0.1) is 6.61 Å². The zero-order valence-corrected chi connectivity index (χ0v) is 14.9. The summed E-state index contributed by atoms with van der Waals surface area (Å²) in [5, 5.41) is 3.05. The quantitative estimate of drug-likeness (QED) is 0.897. The number of carbonyl (C=O) groups is 2. The lowest BCUT2D eigenvalue weighted by molar-refractivity contribution is 0.0693. The largest absolute Gasteiger partial charge is 0.477 e. The smallest absolute Gasteiger partial charge is 0.259 e. The molecule has 2 heterocycles. The standard InChI is InChI=1S/C20H23N3O3/c1-2-26-19-17(9-6-12-21-19)20(25)23-13-10-16(11-14-23)22-18(24)15-7-4-3-5-8-15/h3-9,12,16H,2,10-11,13-14H2,1H3,(H,22,24). The first kappa shape index (κ1) is 17.9. The molecule has 1 N–H and O–H groups in total. The summed E-state index contributed by atoms with van der Waals surface area (Å²) >= 11 is 0. The Morgan fingerprint density at radius 2 is 1.88 bits per heavy atom. The van der Waals surface area contributed by atoms with Crippen molar-refractivity contribution in [1.29, 1.82) is 0 Å². The lowest BCUT2D eigenvalue weighted by atomic mass is 10.0. The maximum Gasteiger partial charge on any atom is 0.259 e. The summed E-state index contributed by atoms with van der Waals surface area (Å²) in [6.45, 7) is 3.52. The second-order valence-electron chi connectivity index (χ2n) is 6.20. The molecule has 0 bridgehead atoms. The number of nitrogens with zero attached hydrogens (tertiary/aromatic N) is 2. The monoisotopic (exact) mass is 353 g/mol. The van der Waals surface area contributed by atoms with E-state index in [1.54, 1.807) is 35.4 Å². The van der Waals surface area contributed by atoms with Crippen molar-refractivity contribution in [3.8, 4) is 5.88 Å². The van der Waals surface area contributed by atoms with Crippen molar-refractivity contribution >= 4 is 11.8 Å². The molecule has 3 rings (SSSR count). The molecule has 0 spiro atoms. The Morgan fingerprint density at radius 3 is 2.58 bits per heavy atom. The van der Waals surface area contributed by atoms with E-state index in [1.807, 2.05) is 25.1 Å². The van der Waals surface area contributed by atoms with Gasteiger partial charge < -0.3 is 15.0 Å². The molecule has 0 aliphatic carbocycles. The van der Waals surface area contributed by atoms with Crippen LogP contribution in [-0.4, -0.2) is 47.4 Å². The third kappa shape index (κ3) is 4.20. The number of rotatable bonds is 5. The summed E-state index contributed by atoms with van der Waals surface area (Å²) in [7, 11) is 0. The zero-order valence-electron chi connectivity index (χ0n) is 14.9. The van der Waals surface area contributed by atoms with E-state index in [2.05, 4.69) is 10.3 Å². The summed E-state index contributed by atoms with van der Waals surface area (Å²) in [5.74, 6) is 0.232. The highest BCUT2D eigenvalue weighted by molar-refractivity contribution is 5.96. The van der Waals surface area contributed by atoms with E-state index in [1.165, 1.54) is 0 Å². The molecule has 1 aromatic carbocycles. The summed E-state index contributed by atoms with van der Waals surface area (Å²) in [6, 6.07) is 12.7. The zero-order chi connectivity index (χ0) is 18.4. The normalized spacial score (nSPS) is 14.7. The molecule has 6 heteroatoms. The number of hydrogen-bond donors (Lipinski definition) is 1. The van der Waals surface area contributed by atoms with E-state index in [0.717, 1.165) is 12.8 Å². The van der Waals surface area contributed by atoms with Gasteiger partial charge in [0, 0.05) is 30.9 Å². The number of piperidine rings is 1. The summed E-state index contributed by atoms with van der Waals surface area (Å²) < 4.78 is 5.46. The van der Waals surface area contributed by atoms with Gasteiger partial charge in [0.25, 0.3) is 11.8 Å². The van der Waals surface area contributed by atoms with Gasteiger partial charge in [-0.05, 0) is 44.0 Å². The van der Waals surface area contributed by atoms with Crippen molar-refractivity contribution in [3.63, 3.8) is 0 Å². The first-order chi connectivity index (χ1) is 12.7. The Hall–Kier alpha value is -2.89. The Balaban J connectivity index is 1.57. The van der Waals surface area contributed by atoms with Gasteiger partial charge in [0.2, 0.25) is 5.88 Å². The second-order valence-corrected chi connectivity index (χ2v) is 6.20. The molecule has 1 fully saturated rings. The molecule has 0 unspecified atom stereocenters. The van der Waals surface area contributed by atoms with Crippen LogP contribution in [0.15, 0.2) is 48.7 Å². The number of hydrogen-bond acceptors (Lipinski definition) is 4. The lowest BCUT2D eigenvalue weighted by Gasteiger charge is -2.32. The Morgan fingerprint density at radius 1 is 1.15 bits per heavy atom. The van der Waals surface area contributed by atoms with Crippen LogP contribution in [-0.2, 0) is 0 Å². The van der Waals surface area contributed by atoms with Crippen LogP contribution in [0.1, 0.15) is 40.5 Å². The molecule has 6 nitrogen and oxygen atoms in total. The molecule has 0 atom stereocenters. The van der Waals surface area contributed by atoms with E-state index in [9.17, 15) is 9.59 Å². The van der Waals surface area contributed by atoms with Crippen molar-refractivity contribution in [1.82, 2.24) is 15.2 Å². The van der Waals surface area contributed by atoms with Crippen molar-refractivity contribution in [3.05, 3.63) is 59.8 Å². The van der Waals surface area contributed by atoms with Crippen LogP contribution in [0.25, 0.3) is 0 Å². The third-order valence-electron chi connectivity index (χ3n) is 4.44. The molecule has 1 aromatic heterocycles. The number of aromatic nitrogens is 1. The van der Waals surface area contributed by atoms with Crippen molar-refractivity contribution < 1.29 is 14.3 Å². The minimum Gasteiger partial charge on any atom is -0.477 e. The van der Waals surface area contributed by atoms with Crippen molar-refractivity contribution in [2.45, 2.75) is 25.8 Å². The maximum absolute atomic E-state index is 12.8. The predicted octanol–water partition coefficient (Wildman–Crippen LogP) is 2.51. The second kappa shape index (κ2) is 8.47. The molecule has 0 radical (unpaired) electrons. The fourth-order valence-electron chi connectivity index (χ4n) is 3.06. The minimum absolute atomic E-state index is 0.0683. The molecule has 2 aromatic rings. The number of ether oxygens (including phenoxy) is 1.